The molecule has 3 aromatic rings. The predicted molar refractivity (Wildman–Crippen MR) is 108 cm³/mol. The predicted octanol–water partition coefficient (Wildman–Crippen LogP) is 4.85. The third kappa shape index (κ3) is 4.03. The fraction of sp³-hybridized carbons (Fsp3) is 0.286. The van der Waals surface area contributed by atoms with E-state index in [-0.39, 0.29) is 6.10 Å². The molecule has 1 fully saturated rings. The minimum absolute atomic E-state index is 0.241. The van der Waals surface area contributed by atoms with Crippen LogP contribution in [0.3, 0.4) is 0 Å². The Morgan fingerprint density at radius 1 is 1.25 bits per heavy atom. The van der Waals surface area contributed by atoms with Gasteiger partial charge in [0.25, 0.3) is 0 Å². The van der Waals surface area contributed by atoms with Crippen LogP contribution in [0.2, 0.25) is 10.0 Å². The van der Waals surface area contributed by atoms with Gasteiger partial charge in [0.15, 0.2) is 0 Å². The summed E-state index contributed by atoms with van der Waals surface area (Å²) in [5.41, 5.74) is 1.80. The summed E-state index contributed by atoms with van der Waals surface area (Å²) < 4.78 is 20.4. The molecular formula is C21H20Cl2N2O3. The van der Waals surface area contributed by atoms with Gasteiger partial charge in [0, 0.05) is 23.0 Å². The highest BCUT2D eigenvalue weighted by Gasteiger charge is 2.45. The van der Waals surface area contributed by atoms with Crippen LogP contribution in [0.15, 0.2) is 61.2 Å². The Kier molecular flexibility index (Phi) is 5.60. The van der Waals surface area contributed by atoms with Crippen molar-refractivity contribution >= 4 is 23.2 Å². The molecule has 0 N–H and O–H groups in total. The molecule has 0 saturated carbocycles. The number of hydrogen-bond acceptors (Lipinski definition) is 4. The van der Waals surface area contributed by atoms with Crippen molar-refractivity contribution in [2.24, 2.45) is 0 Å². The molecule has 2 unspecified atom stereocenters. The third-order valence-corrected chi connectivity index (χ3v) is 5.22. The highest BCUT2D eigenvalue weighted by atomic mass is 35.5. The van der Waals surface area contributed by atoms with E-state index in [0.29, 0.717) is 29.8 Å². The lowest BCUT2D eigenvalue weighted by atomic mass is 10.1. The number of aromatic nitrogens is 2. The fourth-order valence-corrected chi connectivity index (χ4v) is 3.83. The van der Waals surface area contributed by atoms with Gasteiger partial charge in [-0.25, -0.2) is 4.98 Å². The Balaban J connectivity index is 1.56. The van der Waals surface area contributed by atoms with Crippen LogP contribution in [-0.4, -0.2) is 28.9 Å². The molecule has 0 bridgehead atoms. The summed E-state index contributed by atoms with van der Waals surface area (Å²) in [4.78, 5) is 4.10. The van der Waals surface area contributed by atoms with Crippen molar-refractivity contribution in [1.82, 2.24) is 9.55 Å². The molecular weight excluding hydrogens is 399 g/mol. The monoisotopic (exact) mass is 418 g/mol. The third-order valence-electron chi connectivity index (χ3n) is 4.67. The molecule has 1 aliphatic heterocycles. The topological polar surface area (TPSA) is 45.5 Å². The highest BCUT2D eigenvalue weighted by molar-refractivity contribution is 6.35. The van der Waals surface area contributed by atoms with Crippen molar-refractivity contribution in [3.8, 4) is 5.75 Å². The van der Waals surface area contributed by atoms with Crippen LogP contribution >= 0.6 is 23.2 Å². The molecule has 0 radical (unpaired) electrons. The summed E-state index contributed by atoms with van der Waals surface area (Å²) in [6.07, 6.45) is 5.05. The van der Waals surface area contributed by atoms with Gasteiger partial charge in [-0.05, 0) is 30.7 Å². The Bertz CT molecular complexity index is 949. The second-order valence-electron chi connectivity index (χ2n) is 6.74. The number of halogens is 2. The van der Waals surface area contributed by atoms with E-state index in [1.807, 2.05) is 48.0 Å². The normalized spacial score (nSPS) is 21.8. The quantitative estimate of drug-likeness (QED) is 0.573. The maximum Gasteiger partial charge on any atom is 0.215 e. The number of imidazole rings is 1. The summed E-state index contributed by atoms with van der Waals surface area (Å²) in [5.74, 6) is -0.204. The number of aryl methyl sites for hydroxylation is 1. The van der Waals surface area contributed by atoms with Crippen LogP contribution in [-0.2, 0) is 21.8 Å². The van der Waals surface area contributed by atoms with Crippen molar-refractivity contribution < 1.29 is 14.2 Å². The number of hydrogen-bond donors (Lipinski definition) is 0. The Labute approximate surface area is 173 Å². The summed E-state index contributed by atoms with van der Waals surface area (Å²) in [6, 6.07) is 13.2. The minimum atomic E-state index is -1.04. The van der Waals surface area contributed by atoms with Gasteiger partial charge in [-0.1, -0.05) is 47.5 Å². The van der Waals surface area contributed by atoms with Crippen molar-refractivity contribution in [2.75, 3.05) is 13.2 Å². The number of para-hydroxylation sites is 1. The van der Waals surface area contributed by atoms with Gasteiger partial charge in [0.2, 0.25) is 5.79 Å². The molecule has 2 atom stereocenters. The van der Waals surface area contributed by atoms with Crippen molar-refractivity contribution in [3.63, 3.8) is 0 Å². The van der Waals surface area contributed by atoms with Crippen LogP contribution in [0, 0.1) is 6.92 Å². The van der Waals surface area contributed by atoms with Crippen molar-refractivity contribution in [2.45, 2.75) is 25.4 Å². The molecule has 0 amide bonds. The first-order chi connectivity index (χ1) is 13.6. The lowest BCUT2D eigenvalue weighted by Crippen LogP contribution is -2.34. The summed E-state index contributed by atoms with van der Waals surface area (Å²) in [6.45, 7) is 3.19. The zero-order chi connectivity index (χ0) is 19.6. The van der Waals surface area contributed by atoms with Gasteiger partial charge in [0.05, 0.1) is 24.5 Å². The molecule has 0 spiro atoms. The summed E-state index contributed by atoms with van der Waals surface area (Å²) >= 11 is 12.6. The van der Waals surface area contributed by atoms with E-state index in [1.165, 1.54) is 0 Å². The zero-order valence-electron chi connectivity index (χ0n) is 15.3. The van der Waals surface area contributed by atoms with E-state index in [0.717, 1.165) is 16.9 Å². The molecule has 2 aromatic carbocycles. The molecule has 0 aliphatic carbocycles. The van der Waals surface area contributed by atoms with Gasteiger partial charge < -0.3 is 18.8 Å². The SMILES string of the molecule is Cc1ccccc1OCC1COC(Cn2ccnc2)(c2ccc(Cl)cc2Cl)O1. The number of ether oxygens (including phenoxy) is 3. The summed E-state index contributed by atoms with van der Waals surface area (Å²) in [5, 5.41) is 1.05. The smallest absolute Gasteiger partial charge is 0.215 e. The molecule has 7 heteroatoms. The first kappa shape index (κ1) is 19.3. The van der Waals surface area contributed by atoms with Gasteiger partial charge in [-0.15, -0.1) is 0 Å². The Morgan fingerprint density at radius 2 is 2.11 bits per heavy atom. The first-order valence-corrected chi connectivity index (χ1v) is 9.73. The van der Waals surface area contributed by atoms with Crippen LogP contribution in [0.1, 0.15) is 11.1 Å². The average molecular weight is 419 g/mol. The van der Waals surface area contributed by atoms with Crippen molar-refractivity contribution in [1.29, 1.82) is 0 Å². The first-order valence-electron chi connectivity index (χ1n) is 8.97. The van der Waals surface area contributed by atoms with E-state index in [1.54, 1.807) is 24.7 Å². The standard InChI is InChI=1S/C21H20Cl2N2O3/c1-15-4-2-3-5-20(15)26-11-17-12-27-21(28-17,13-25-9-8-24-14-25)18-7-6-16(22)10-19(18)23/h2-10,14,17H,11-13H2,1H3. The lowest BCUT2D eigenvalue weighted by molar-refractivity contribution is -0.189. The number of benzene rings is 2. The molecule has 4 rings (SSSR count). The maximum absolute atomic E-state index is 6.48. The molecule has 28 heavy (non-hydrogen) atoms. The Hall–Kier alpha value is -2.05. The minimum Gasteiger partial charge on any atom is -0.491 e. The van der Waals surface area contributed by atoms with Crippen LogP contribution < -0.4 is 4.74 Å². The molecule has 1 aliphatic rings. The molecule has 1 aromatic heterocycles. The molecule has 2 heterocycles. The van der Waals surface area contributed by atoms with Crippen LogP contribution in [0.4, 0.5) is 0 Å². The lowest BCUT2D eigenvalue weighted by Gasteiger charge is -2.30. The fourth-order valence-electron chi connectivity index (χ4n) is 3.28. The largest absolute Gasteiger partial charge is 0.491 e. The Morgan fingerprint density at radius 3 is 2.86 bits per heavy atom. The van der Waals surface area contributed by atoms with Crippen LogP contribution in [0.25, 0.3) is 0 Å². The average Bonchev–Trinajstić information content (AvgIpc) is 3.32. The second-order valence-corrected chi connectivity index (χ2v) is 7.58. The second kappa shape index (κ2) is 8.13. The molecule has 146 valence electrons. The van der Waals surface area contributed by atoms with Crippen LogP contribution in [0.5, 0.6) is 5.75 Å². The van der Waals surface area contributed by atoms with E-state index in [2.05, 4.69) is 4.98 Å². The van der Waals surface area contributed by atoms with Gasteiger partial charge >= 0.3 is 0 Å². The van der Waals surface area contributed by atoms with E-state index in [9.17, 15) is 0 Å². The maximum atomic E-state index is 6.48. The number of rotatable bonds is 6. The highest BCUT2D eigenvalue weighted by Crippen LogP contribution is 2.40. The van der Waals surface area contributed by atoms with E-state index < -0.39 is 5.79 Å². The van der Waals surface area contributed by atoms with E-state index >= 15 is 0 Å². The van der Waals surface area contributed by atoms with Gasteiger partial charge in [-0.2, -0.15) is 0 Å². The van der Waals surface area contributed by atoms with Gasteiger partial charge in [-0.3, -0.25) is 0 Å². The number of nitrogens with zero attached hydrogens (tertiary/aromatic N) is 2. The van der Waals surface area contributed by atoms with Crippen molar-refractivity contribution in [3.05, 3.63) is 82.4 Å². The zero-order valence-corrected chi connectivity index (χ0v) is 16.9. The summed E-state index contributed by atoms with van der Waals surface area (Å²) in [7, 11) is 0. The van der Waals surface area contributed by atoms with E-state index in [4.69, 9.17) is 37.4 Å². The molecule has 5 nitrogen and oxygen atoms in total. The van der Waals surface area contributed by atoms with Gasteiger partial charge in [0.1, 0.15) is 18.5 Å². The molecule has 1 saturated heterocycles.